The Morgan fingerprint density at radius 3 is 2.33 bits per heavy atom. The van der Waals surface area contributed by atoms with Crippen LogP contribution in [0.3, 0.4) is 0 Å². The smallest absolute Gasteiger partial charge is 0.319 e. The molecule has 0 aromatic heterocycles. The number of urea groups is 1. The van der Waals surface area contributed by atoms with Crippen LogP contribution in [-0.4, -0.2) is 47.1 Å². The van der Waals surface area contributed by atoms with E-state index in [2.05, 4.69) is 0 Å². The second kappa shape index (κ2) is 7.46. The molecule has 1 aliphatic rings. The summed E-state index contributed by atoms with van der Waals surface area (Å²) in [7, 11) is 0. The van der Waals surface area contributed by atoms with Gasteiger partial charge in [-0.3, -0.25) is 0 Å². The number of hydrogen-bond donors (Lipinski definition) is 1. The largest absolute Gasteiger partial charge is 0.388 e. The zero-order valence-corrected chi connectivity index (χ0v) is 13.0. The van der Waals surface area contributed by atoms with Gasteiger partial charge >= 0.3 is 6.03 Å². The summed E-state index contributed by atoms with van der Waals surface area (Å²) in [4.78, 5) is 16.1. The Hall–Kier alpha value is -1.55. The van der Waals surface area contributed by atoms with Crippen molar-refractivity contribution in [3.8, 4) is 0 Å². The number of rotatable bonds is 4. The fourth-order valence-corrected chi connectivity index (χ4v) is 3.02. The van der Waals surface area contributed by atoms with Gasteiger partial charge in [-0.25, -0.2) is 4.79 Å². The number of amides is 2. The maximum absolute atomic E-state index is 12.3. The van der Waals surface area contributed by atoms with E-state index >= 15 is 0 Å². The molecule has 1 atom stereocenters. The Kier molecular flexibility index (Phi) is 5.62. The molecule has 1 saturated heterocycles. The van der Waals surface area contributed by atoms with Crippen molar-refractivity contribution < 1.29 is 9.90 Å². The molecule has 0 aliphatic carbocycles. The number of aliphatic hydroxyl groups is 1. The van der Waals surface area contributed by atoms with Crippen LogP contribution in [0.4, 0.5) is 4.79 Å². The summed E-state index contributed by atoms with van der Waals surface area (Å²) >= 11 is 0. The van der Waals surface area contributed by atoms with E-state index < -0.39 is 6.10 Å². The van der Waals surface area contributed by atoms with E-state index in [9.17, 15) is 9.90 Å². The first-order chi connectivity index (χ1) is 10.2. The monoisotopic (exact) mass is 290 g/mol. The molecule has 0 bridgehead atoms. The number of hydrogen-bond acceptors (Lipinski definition) is 2. The van der Waals surface area contributed by atoms with Crippen molar-refractivity contribution in [2.45, 2.75) is 32.8 Å². The lowest BCUT2D eigenvalue weighted by Gasteiger charge is -2.36. The van der Waals surface area contributed by atoms with Gasteiger partial charge in [0.15, 0.2) is 0 Å². The minimum atomic E-state index is -0.420. The molecule has 4 nitrogen and oxygen atoms in total. The maximum Gasteiger partial charge on any atom is 0.319 e. The Morgan fingerprint density at radius 2 is 1.81 bits per heavy atom. The highest BCUT2D eigenvalue weighted by Gasteiger charge is 2.29. The highest BCUT2D eigenvalue weighted by molar-refractivity contribution is 5.74. The van der Waals surface area contributed by atoms with Crippen molar-refractivity contribution in [1.29, 1.82) is 0 Å². The summed E-state index contributed by atoms with van der Waals surface area (Å²) in [6.45, 7) is 7.00. The summed E-state index contributed by atoms with van der Waals surface area (Å²) in [5.74, 6) is 0.244. The second-order valence-electron chi connectivity index (χ2n) is 5.63. The standard InChI is InChI=1S/C17H26N2O2/c1-3-18(4-2)17(21)19-12-10-15(11-13-19)16(20)14-8-6-5-7-9-14/h5-9,15-16,20H,3-4,10-13H2,1-2H3. The van der Waals surface area contributed by atoms with Crippen LogP contribution in [0.5, 0.6) is 0 Å². The minimum Gasteiger partial charge on any atom is -0.388 e. The zero-order valence-electron chi connectivity index (χ0n) is 13.0. The molecule has 1 unspecified atom stereocenters. The Labute approximate surface area is 127 Å². The molecule has 0 spiro atoms. The van der Waals surface area contributed by atoms with E-state index in [1.807, 2.05) is 54.0 Å². The van der Waals surface area contributed by atoms with Crippen molar-refractivity contribution >= 4 is 6.03 Å². The molecule has 4 heteroatoms. The number of carbonyl (C=O) groups excluding carboxylic acids is 1. The van der Waals surface area contributed by atoms with Gasteiger partial charge in [-0.2, -0.15) is 0 Å². The molecule has 0 radical (unpaired) electrons. The highest BCUT2D eigenvalue weighted by atomic mass is 16.3. The van der Waals surface area contributed by atoms with Crippen LogP contribution in [0, 0.1) is 5.92 Å². The number of piperidine rings is 1. The quantitative estimate of drug-likeness (QED) is 0.926. The van der Waals surface area contributed by atoms with Gasteiger partial charge in [0.2, 0.25) is 0 Å². The Balaban J connectivity index is 1.90. The second-order valence-corrected chi connectivity index (χ2v) is 5.63. The van der Waals surface area contributed by atoms with Gasteiger partial charge in [-0.05, 0) is 38.2 Å². The van der Waals surface area contributed by atoms with Gasteiger partial charge in [0.1, 0.15) is 0 Å². The molecule has 0 saturated carbocycles. The molecule has 2 rings (SSSR count). The fraction of sp³-hybridized carbons (Fsp3) is 0.588. The molecular formula is C17H26N2O2. The van der Waals surface area contributed by atoms with E-state index in [1.165, 1.54) is 0 Å². The summed E-state index contributed by atoms with van der Waals surface area (Å²) < 4.78 is 0. The summed E-state index contributed by atoms with van der Waals surface area (Å²) in [5.41, 5.74) is 0.978. The van der Waals surface area contributed by atoms with E-state index in [1.54, 1.807) is 0 Å². The average molecular weight is 290 g/mol. The maximum atomic E-state index is 12.3. The van der Waals surface area contributed by atoms with Gasteiger partial charge in [-0.1, -0.05) is 30.3 Å². The van der Waals surface area contributed by atoms with E-state index in [0.29, 0.717) is 0 Å². The van der Waals surface area contributed by atoms with Crippen LogP contribution in [0.25, 0.3) is 0 Å². The summed E-state index contributed by atoms with van der Waals surface area (Å²) in [6.07, 6.45) is 1.31. The van der Waals surface area contributed by atoms with Crippen molar-refractivity contribution in [3.05, 3.63) is 35.9 Å². The molecule has 1 fully saturated rings. The van der Waals surface area contributed by atoms with Crippen LogP contribution in [0.15, 0.2) is 30.3 Å². The third-order valence-corrected chi connectivity index (χ3v) is 4.43. The summed E-state index contributed by atoms with van der Waals surface area (Å²) in [6, 6.07) is 9.94. The van der Waals surface area contributed by atoms with Crippen molar-refractivity contribution in [2.75, 3.05) is 26.2 Å². The predicted molar refractivity (Wildman–Crippen MR) is 84.0 cm³/mol. The zero-order chi connectivity index (χ0) is 15.2. The molecular weight excluding hydrogens is 264 g/mol. The SMILES string of the molecule is CCN(CC)C(=O)N1CCC(C(O)c2ccccc2)CC1. The van der Waals surface area contributed by atoms with E-state index in [-0.39, 0.29) is 11.9 Å². The lowest BCUT2D eigenvalue weighted by Crippen LogP contribution is -2.47. The van der Waals surface area contributed by atoms with Gasteiger partial charge in [0.05, 0.1) is 6.10 Å². The Morgan fingerprint density at radius 1 is 1.24 bits per heavy atom. The van der Waals surface area contributed by atoms with Crippen LogP contribution >= 0.6 is 0 Å². The van der Waals surface area contributed by atoms with Crippen molar-refractivity contribution in [1.82, 2.24) is 9.80 Å². The number of likely N-dealkylation sites (tertiary alicyclic amines) is 1. The third kappa shape index (κ3) is 3.76. The molecule has 1 heterocycles. The van der Waals surface area contributed by atoms with Gasteiger partial charge < -0.3 is 14.9 Å². The van der Waals surface area contributed by atoms with Crippen LogP contribution in [-0.2, 0) is 0 Å². The molecule has 116 valence electrons. The average Bonchev–Trinajstić information content (AvgIpc) is 2.56. The molecule has 1 aromatic carbocycles. The fourth-order valence-electron chi connectivity index (χ4n) is 3.02. The lowest BCUT2D eigenvalue weighted by molar-refractivity contribution is 0.0609. The highest BCUT2D eigenvalue weighted by Crippen LogP contribution is 2.30. The van der Waals surface area contributed by atoms with E-state index in [4.69, 9.17) is 0 Å². The first kappa shape index (κ1) is 15.8. The minimum absolute atomic E-state index is 0.132. The van der Waals surface area contributed by atoms with Crippen LogP contribution in [0.2, 0.25) is 0 Å². The summed E-state index contributed by atoms with van der Waals surface area (Å²) in [5, 5.41) is 10.5. The predicted octanol–water partition coefficient (Wildman–Crippen LogP) is 2.89. The molecule has 1 aliphatic heterocycles. The molecule has 2 amide bonds. The first-order valence-corrected chi connectivity index (χ1v) is 7.94. The molecule has 1 N–H and O–H groups in total. The van der Waals surface area contributed by atoms with Crippen LogP contribution in [0.1, 0.15) is 38.4 Å². The van der Waals surface area contributed by atoms with E-state index in [0.717, 1.165) is 44.6 Å². The van der Waals surface area contributed by atoms with Gasteiger partial charge in [0, 0.05) is 26.2 Å². The number of carbonyl (C=O) groups is 1. The third-order valence-electron chi connectivity index (χ3n) is 4.43. The first-order valence-electron chi connectivity index (χ1n) is 7.94. The molecule has 21 heavy (non-hydrogen) atoms. The Bertz CT molecular complexity index is 437. The topological polar surface area (TPSA) is 43.8 Å². The number of nitrogens with zero attached hydrogens (tertiary/aromatic N) is 2. The van der Waals surface area contributed by atoms with Crippen LogP contribution < -0.4 is 0 Å². The lowest BCUT2D eigenvalue weighted by atomic mass is 9.87. The normalized spacial score (nSPS) is 17.6. The van der Waals surface area contributed by atoms with Gasteiger partial charge in [0.25, 0.3) is 0 Å². The van der Waals surface area contributed by atoms with Crippen molar-refractivity contribution in [2.24, 2.45) is 5.92 Å². The number of benzene rings is 1. The molecule has 1 aromatic rings. The number of aliphatic hydroxyl groups excluding tert-OH is 1. The van der Waals surface area contributed by atoms with Crippen molar-refractivity contribution in [3.63, 3.8) is 0 Å². The van der Waals surface area contributed by atoms with Gasteiger partial charge in [-0.15, -0.1) is 0 Å².